The number of thioether (sulfide) groups is 1. The Hall–Kier alpha value is -0.800. The third-order valence-electron chi connectivity index (χ3n) is 7.85. The molecule has 6 atom stereocenters. The summed E-state index contributed by atoms with van der Waals surface area (Å²) >= 11 is 5.47. The maximum absolute atomic E-state index is 13.7. The highest BCUT2D eigenvalue weighted by Crippen LogP contribution is 2.67. The van der Waals surface area contributed by atoms with E-state index in [1.54, 1.807) is 23.7 Å². The minimum Gasteiger partial charge on any atom is -0.396 e. The number of nitrogens with zero attached hydrogens (tertiary/aromatic N) is 1. The molecule has 1 saturated carbocycles. The van der Waals surface area contributed by atoms with Crippen LogP contribution in [0.5, 0.6) is 0 Å². The van der Waals surface area contributed by atoms with E-state index in [1.165, 1.54) is 6.42 Å². The predicted molar refractivity (Wildman–Crippen MR) is 129 cm³/mol. The lowest BCUT2D eigenvalue weighted by Crippen LogP contribution is -2.56. The molecule has 0 radical (unpaired) electrons. The van der Waals surface area contributed by atoms with Crippen molar-refractivity contribution in [2.24, 2.45) is 11.8 Å². The van der Waals surface area contributed by atoms with Gasteiger partial charge in [-0.1, -0.05) is 48.0 Å². The van der Waals surface area contributed by atoms with Crippen LogP contribution in [0.4, 0.5) is 0 Å². The van der Waals surface area contributed by atoms with Gasteiger partial charge in [-0.25, -0.2) is 0 Å². The van der Waals surface area contributed by atoms with Crippen LogP contribution in [0.2, 0.25) is 0 Å². The molecule has 0 aromatic rings. The molecule has 4 rings (SSSR count). The first-order chi connectivity index (χ1) is 15.4. The van der Waals surface area contributed by atoms with Gasteiger partial charge < -0.3 is 20.6 Å². The van der Waals surface area contributed by atoms with E-state index in [4.69, 9.17) is 5.11 Å². The van der Waals surface area contributed by atoms with Crippen molar-refractivity contribution in [2.45, 2.75) is 91.1 Å². The van der Waals surface area contributed by atoms with Gasteiger partial charge in [0.1, 0.15) is 6.04 Å². The fourth-order valence-corrected chi connectivity index (χ4v) is 10.0. The van der Waals surface area contributed by atoms with Crippen LogP contribution in [-0.4, -0.2) is 74.8 Å². The average Bonchev–Trinajstić information content (AvgIpc) is 3.37. The quantitative estimate of drug-likeness (QED) is 0.314. The molecular weight excluding hydrogens is 494 g/mol. The molecule has 3 amide bonds. The van der Waals surface area contributed by atoms with Crippen molar-refractivity contribution in [3.63, 3.8) is 0 Å². The van der Waals surface area contributed by atoms with E-state index in [0.29, 0.717) is 6.54 Å². The lowest BCUT2D eigenvalue weighted by atomic mass is 9.70. The van der Waals surface area contributed by atoms with Gasteiger partial charge in [-0.15, -0.1) is 11.8 Å². The predicted octanol–water partition coefficient (Wildman–Crippen LogP) is 2.20. The Labute approximate surface area is 203 Å². The van der Waals surface area contributed by atoms with Gasteiger partial charge in [0.05, 0.1) is 16.6 Å². The zero-order valence-corrected chi connectivity index (χ0v) is 21.3. The number of aliphatic hydroxyl groups is 1. The van der Waals surface area contributed by atoms with Crippen LogP contribution >= 0.6 is 27.7 Å². The van der Waals surface area contributed by atoms with Gasteiger partial charge in [0.2, 0.25) is 17.7 Å². The molecule has 3 N–H and O–H groups in total. The molecule has 2 bridgehead atoms. The number of hydrogen-bond donors (Lipinski definition) is 3. The summed E-state index contributed by atoms with van der Waals surface area (Å²) in [6.07, 6.45) is 9.61. The van der Waals surface area contributed by atoms with Crippen molar-refractivity contribution in [3.05, 3.63) is 0 Å². The second kappa shape index (κ2) is 10.2. The lowest BCUT2D eigenvalue weighted by Gasteiger charge is -2.36. The fraction of sp³-hybridized carbons (Fsp3) is 0.870. The van der Waals surface area contributed by atoms with Crippen molar-refractivity contribution in [2.75, 3.05) is 20.2 Å². The van der Waals surface area contributed by atoms with Crippen molar-refractivity contribution >= 4 is 45.4 Å². The van der Waals surface area contributed by atoms with Crippen molar-refractivity contribution in [1.29, 1.82) is 0 Å². The molecule has 4 fully saturated rings. The number of likely N-dealkylation sites (tertiary alicyclic amines) is 1. The van der Waals surface area contributed by atoms with E-state index in [1.807, 2.05) is 0 Å². The van der Waals surface area contributed by atoms with Gasteiger partial charge >= 0.3 is 0 Å². The zero-order valence-electron chi connectivity index (χ0n) is 18.9. The van der Waals surface area contributed by atoms with Crippen molar-refractivity contribution in [1.82, 2.24) is 15.5 Å². The molecule has 9 heteroatoms. The number of halogens is 1. The molecule has 1 spiro atoms. The number of nitrogens with one attached hydrogen (secondary N) is 2. The Kier molecular flexibility index (Phi) is 7.77. The molecule has 4 aliphatic rings. The molecule has 3 aliphatic heterocycles. The molecule has 32 heavy (non-hydrogen) atoms. The number of aliphatic hydroxyl groups excluding tert-OH is 1. The molecule has 3 heterocycles. The van der Waals surface area contributed by atoms with E-state index >= 15 is 0 Å². The van der Waals surface area contributed by atoms with Gasteiger partial charge in [-0.3, -0.25) is 14.4 Å². The molecule has 3 unspecified atom stereocenters. The van der Waals surface area contributed by atoms with Crippen LogP contribution in [0, 0.1) is 11.8 Å². The summed E-state index contributed by atoms with van der Waals surface area (Å²) in [7, 11) is 1.63. The summed E-state index contributed by atoms with van der Waals surface area (Å²) in [6, 6.07) is -0.337. The Morgan fingerprint density at radius 2 is 1.88 bits per heavy atom. The van der Waals surface area contributed by atoms with E-state index in [-0.39, 0.29) is 40.4 Å². The van der Waals surface area contributed by atoms with Crippen LogP contribution in [0.25, 0.3) is 0 Å². The normalized spacial score (nSPS) is 36.4. The smallest absolute Gasteiger partial charge is 0.244 e. The Bertz CT molecular complexity index is 734. The summed E-state index contributed by atoms with van der Waals surface area (Å²) in [4.78, 5) is 42.2. The largest absolute Gasteiger partial charge is 0.396 e. The molecule has 7 nitrogen and oxygen atoms in total. The number of amides is 3. The van der Waals surface area contributed by atoms with Gasteiger partial charge in [0.15, 0.2) is 0 Å². The summed E-state index contributed by atoms with van der Waals surface area (Å²) < 4.78 is -0.545. The van der Waals surface area contributed by atoms with Gasteiger partial charge in [-0.2, -0.15) is 0 Å². The first-order valence-electron chi connectivity index (χ1n) is 12.2. The summed E-state index contributed by atoms with van der Waals surface area (Å²) in [5.41, 5.74) is 0. The van der Waals surface area contributed by atoms with Crippen LogP contribution in [-0.2, 0) is 14.4 Å². The molecule has 0 aromatic heterocycles. The minimum absolute atomic E-state index is 0.0144. The lowest BCUT2D eigenvalue weighted by molar-refractivity contribution is -0.140. The molecule has 3 saturated heterocycles. The average molecular weight is 531 g/mol. The van der Waals surface area contributed by atoms with Crippen molar-refractivity contribution in [3.8, 4) is 0 Å². The van der Waals surface area contributed by atoms with Crippen LogP contribution in [0.3, 0.4) is 0 Å². The Balaban J connectivity index is 1.59. The topological polar surface area (TPSA) is 98.7 Å². The number of carbonyl (C=O) groups excluding carboxylic acids is 3. The van der Waals surface area contributed by atoms with Gasteiger partial charge in [-0.05, 0) is 32.1 Å². The maximum atomic E-state index is 13.7. The van der Waals surface area contributed by atoms with Gasteiger partial charge in [0.25, 0.3) is 0 Å². The Morgan fingerprint density at radius 1 is 1.16 bits per heavy atom. The van der Waals surface area contributed by atoms with E-state index in [2.05, 4.69) is 26.6 Å². The highest BCUT2D eigenvalue weighted by Gasteiger charge is 2.75. The zero-order chi connectivity index (χ0) is 22.9. The first kappa shape index (κ1) is 24.3. The van der Waals surface area contributed by atoms with E-state index in [9.17, 15) is 14.4 Å². The molecule has 1 aliphatic carbocycles. The third-order valence-corrected chi connectivity index (χ3v) is 11.1. The SMILES string of the molecule is CNC(=O)[C@H]1[C@H]2C(=O)N(CCCCCCO)C(C(=O)NC3CCCCC3)C23CC(Br)[C@@H]1S3. The summed E-state index contributed by atoms with van der Waals surface area (Å²) in [6.45, 7) is 0.711. The van der Waals surface area contributed by atoms with Crippen molar-refractivity contribution < 1.29 is 19.5 Å². The van der Waals surface area contributed by atoms with E-state index < -0.39 is 22.6 Å². The second-order valence-electron chi connectivity index (χ2n) is 9.79. The minimum atomic E-state index is -0.545. The first-order valence-corrected chi connectivity index (χ1v) is 14.0. The van der Waals surface area contributed by atoms with Gasteiger partial charge in [0, 0.05) is 36.3 Å². The molecule has 180 valence electrons. The summed E-state index contributed by atoms with van der Waals surface area (Å²) in [5, 5.41) is 15.1. The number of carbonyl (C=O) groups is 3. The fourth-order valence-electron chi connectivity index (χ4n) is 6.41. The third kappa shape index (κ3) is 4.22. The summed E-state index contributed by atoms with van der Waals surface area (Å²) in [5.74, 6) is -0.999. The Morgan fingerprint density at radius 3 is 2.56 bits per heavy atom. The van der Waals surface area contributed by atoms with Crippen LogP contribution in [0.15, 0.2) is 0 Å². The number of alkyl halides is 1. The molecular formula is C23H36BrN3O4S. The molecule has 0 aromatic carbocycles. The van der Waals surface area contributed by atoms with Crippen LogP contribution in [0.1, 0.15) is 64.2 Å². The highest BCUT2D eigenvalue weighted by atomic mass is 79.9. The van der Waals surface area contributed by atoms with E-state index in [0.717, 1.165) is 57.8 Å². The second-order valence-corrected chi connectivity index (χ2v) is 12.5. The number of unbranched alkanes of at least 4 members (excludes halogenated alkanes) is 3. The standard InChI is InChI=1S/C23H36BrN3O4S/c1-25-20(29)16-17-22(31)27(11-7-2-3-8-12-28)19(23(17)13-15(24)18(16)32-23)21(30)26-14-9-5-4-6-10-14/h14-19,28H,2-13H2,1H3,(H,25,29)(H,26,30)/t15?,16-,17-,18-,19?,23?/m0/s1. The number of hydrogen-bond acceptors (Lipinski definition) is 5. The maximum Gasteiger partial charge on any atom is 0.244 e. The number of fused-ring (bicyclic) bond motifs is 1. The monoisotopic (exact) mass is 529 g/mol. The highest BCUT2D eigenvalue weighted by molar-refractivity contribution is 9.09. The number of rotatable bonds is 9. The van der Waals surface area contributed by atoms with Crippen LogP contribution < -0.4 is 10.6 Å².